The first-order valence-electron chi connectivity index (χ1n) is 3.71. The number of hydrogen-bond donors (Lipinski definition) is 0. The Bertz CT molecular complexity index is 29.0. The molecule has 0 aliphatic carbocycles. The maximum absolute atomic E-state index is 3.68. The Hall–Kier alpha value is 1.10. The Balaban J connectivity index is -0.0000000910. The quantitative estimate of drug-likeness (QED) is 0.619. The monoisotopic (exact) mass is 217 g/mol. The minimum Gasteiger partial charge on any atom is -0.343 e. The summed E-state index contributed by atoms with van der Waals surface area (Å²) in [5, 5.41) is 0. The molecule has 0 radical (unpaired) electrons. The molecule has 0 fully saturated rings. The van der Waals surface area contributed by atoms with E-state index in [2.05, 4.69) is 34.6 Å². The standard InChI is InChI=1S/C5H11.C4H9.Y/c1-3-5-4-2;1-4(2)3;/h1,3-5H2,2H3;1-3H3;/q2*-1;+3. The maximum Gasteiger partial charge on any atom is 3.00 e. The first kappa shape index (κ1) is 17.3. The molecule has 0 aromatic rings. The third-order valence-electron chi connectivity index (χ3n) is 0.604. The average molecular weight is 217 g/mol. The summed E-state index contributed by atoms with van der Waals surface area (Å²) in [6.07, 6.45) is 3.65. The second kappa shape index (κ2) is 16.6. The van der Waals surface area contributed by atoms with Gasteiger partial charge in [-0.1, -0.05) is 19.8 Å². The van der Waals surface area contributed by atoms with Crippen LogP contribution in [-0.2, 0) is 32.7 Å². The molecule has 58 valence electrons. The molecule has 0 aromatic heterocycles. The van der Waals surface area contributed by atoms with Crippen LogP contribution in [0.25, 0.3) is 0 Å². The van der Waals surface area contributed by atoms with E-state index in [1.165, 1.54) is 18.8 Å². The molecule has 0 heterocycles. The number of unbranched alkanes of at least 4 members (excludes halogenated alkanes) is 2. The van der Waals surface area contributed by atoms with Crippen molar-refractivity contribution in [3.05, 3.63) is 12.8 Å². The molecular formula is C9H20Y+. The third kappa shape index (κ3) is 62.1. The van der Waals surface area contributed by atoms with Crippen LogP contribution in [0.1, 0.15) is 47.0 Å². The molecule has 0 unspecified atom stereocenters. The second-order valence-electron chi connectivity index (χ2n) is 2.71. The van der Waals surface area contributed by atoms with Crippen molar-refractivity contribution in [2.45, 2.75) is 47.0 Å². The van der Waals surface area contributed by atoms with Crippen molar-refractivity contribution in [1.29, 1.82) is 0 Å². The van der Waals surface area contributed by atoms with Crippen LogP contribution in [0, 0.1) is 12.8 Å². The predicted octanol–water partition coefficient (Wildman–Crippen LogP) is 3.63. The van der Waals surface area contributed by atoms with E-state index in [1.54, 1.807) is 0 Å². The first-order valence-corrected chi connectivity index (χ1v) is 3.71. The first-order chi connectivity index (χ1) is 4.15. The van der Waals surface area contributed by atoms with Gasteiger partial charge in [0.25, 0.3) is 0 Å². The van der Waals surface area contributed by atoms with Crippen LogP contribution < -0.4 is 0 Å². The molecule has 0 spiro atoms. The molecule has 0 nitrogen and oxygen atoms in total. The van der Waals surface area contributed by atoms with Gasteiger partial charge in [0.05, 0.1) is 0 Å². The molecule has 0 N–H and O–H groups in total. The summed E-state index contributed by atoms with van der Waals surface area (Å²) in [5.41, 5.74) is 0. The van der Waals surface area contributed by atoms with Crippen molar-refractivity contribution in [2.24, 2.45) is 0 Å². The van der Waals surface area contributed by atoms with E-state index >= 15 is 0 Å². The van der Waals surface area contributed by atoms with E-state index in [1.807, 2.05) is 0 Å². The van der Waals surface area contributed by atoms with Gasteiger partial charge in [-0.05, 0) is 0 Å². The largest absolute Gasteiger partial charge is 3.00 e. The summed E-state index contributed by atoms with van der Waals surface area (Å²) in [6.45, 7) is 12.1. The van der Waals surface area contributed by atoms with E-state index in [0.29, 0.717) is 0 Å². The summed E-state index contributed by atoms with van der Waals surface area (Å²) < 4.78 is 0. The molecule has 0 saturated carbocycles. The molecular weight excluding hydrogens is 197 g/mol. The van der Waals surface area contributed by atoms with Gasteiger partial charge in [-0.15, -0.1) is 0 Å². The summed E-state index contributed by atoms with van der Waals surface area (Å²) in [5.74, 6) is 1.42. The third-order valence-corrected chi connectivity index (χ3v) is 0.604. The van der Waals surface area contributed by atoms with Gasteiger partial charge in [-0.25, -0.2) is 0 Å². The molecule has 0 atom stereocenters. The van der Waals surface area contributed by atoms with Crippen LogP contribution in [0.5, 0.6) is 0 Å². The SMILES string of the molecule is C[C-](C)C.[CH2-]CCCC.[Y+3]. The Morgan fingerprint density at radius 2 is 1.50 bits per heavy atom. The molecule has 0 aliphatic heterocycles. The van der Waals surface area contributed by atoms with Crippen molar-refractivity contribution in [3.8, 4) is 0 Å². The van der Waals surface area contributed by atoms with E-state index in [0.717, 1.165) is 6.42 Å². The second-order valence-corrected chi connectivity index (χ2v) is 2.71. The molecule has 0 saturated heterocycles. The van der Waals surface area contributed by atoms with Crippen molar-refractivity contribution < 1.29 is 32.7 Å². The van der Waals surface area contributed by atoms with Crippen LogP contribution in [0.3, 0.4) is 0 Å². The molecule has 0 bridgehead atoms. The van der Waals surface area contributed by atoms with Gasteiger partial charge in [-0.2, -0.15) is 27.2 Å². The van der Waals surface area contributed by atoms with Crippen LogP contribution in [-0.4, -0.2) is 0 Å². The summed E-state index contributed by atoms with van der Waals surface area (Å²) in [4.78, 5) is 0. The van der Waals surface area contributed by atoms with Crippen molar-refractivity contribution >= 4 is 0 Å². The zero-order valence-corrected chi connectivity index (χ0v) is 10.7. The van der Waals surface area contributed by atoms with E-state index in [9.17, 15) is 0 Å². The van der Waals surface area contributed by atoms with Gasteiger partial charge >= 0.3 is 32.7 Å². The fourth-order valence-corrected chi connectivity index (χ4v) is 0.250. The van der Waals surface area contributed by atoms with Crippen LogP contribution in [0.4, 0.5) is 0 Å². The number of hydrogen-bond acceptors (Lipinski definition) is 0. The van der Waals surface area contributed by atoms with E-state index < -0.39 is 0 Å². The zero-order valence-electron chi connectivity index (χ0n) is 7.91. The Morgan fingerprint density at radius 1 is 1.20 bits per heavy atom. The van der Waals surface area contributed by atoms with Gasteiger partial charge in [0.2, 0.25) is 0 Å². The fraction of sp³-hybridized carbons (Fsp3) is 0.778. The van der Waals surface area contributed by atoms with Crippen LogP contribution in [0.15, 0.2) is 0 Å². The van der Waals surface area contributed by atoms with Gasteiger partial charge < -0.3 is 12.8 Å². The molecule has 0 rings (SSSR count). The summed E-state index contributed by atoms with van der Waals surface area (Å²) in [6, 6.07) is 0. The van der Waals surface area contributed by atoms with Gasteiger partial charge in [-0.3, -0.25) is 0 Å². The Labute approximate surface area is 92.0 Å². The van der Waals surface area contributed by atoms with Gasteiger partial charge in [0.15, 0.2) is 0 Å². The molecule has 0 amide bonds. The molecule has 0 aliphatic rings. The smallest absolute Gasteiger partial charge is 0.343 e. The Kier molecular flexibility index (Phi) is 28.6. The van der Waals surface area contributed by atoms with Crippen LogP contribution in [0.2, 0.25) is 0 Å². The number of rotatable bonds is 2. The maximum atomic E-state index is 3.68. The van der Waals surface area contributed by atoms with Crippen LogP contribution >= 0.6 is 0 Å². The summed E-state index contributed by atoms with van der Waals surface area (Å²) in [7, 11) is 0. The normalized spacial score (nSPS) is 7.80. The predicted molar refractivity (Wildman–Crippen MR) is 45.1 cm³/mol. The van der Waals surface area contributed by atoms with Gasteiger partial charge in [0, 0.05) is 0 Å². The minimum atomic E-state index is 0. The van der Waals surface area contributed by atoms with Crippen molar-refractivity contribution in [2.75, 3.05) is 0 Å². The fourth-order valence-electron chi connectivity index (χ4n) is 0.250. The zero-order chi connectivity index (χ0) is 7.70. The van der Waals surface area contributed by atoms with E-state index in [-0.39, 0.29) is 32.7 Å². The summed E-state index contributed by atoms with van der Waals surface area (Å²) >= 11 is 0. The molecule has 1 heteroatoms. The van der Waals surface area contributed by atoms with Gasteiger partial charge in [0.1, 0.15) is 0 Å². The van der Waals surface area contributed by atoms with Crippen molar-refractivity contribution in [1.82, 2.24) is 0 Å². The minimum absolute atomic E-state index is 0. The average Bonchev–Trinajstić information content (AvgIpc) is 1.66. The van der Waals surface area contributed by atoms with E-state index in [4.69, 9.17) is 0 Å². The molecule has 0 aromatic carbocycles. The van der Waals surface area contributed by atoms with Crippen molar-refractivity contribution in [3.63, 3.8) is 0 Å². The topological polar surface area (TPSA) is 0 Å². The molecule has 10 heavy (non-hydrogen) atoms. The Morgan fingerprint density at radius 3 is 1.50 bits per heavy atom.